The van der Waals surface area contributed by atoms with Gasteiger partial charge in [-0.25, -0.2) is 4.98 Å². The van der Waals surface area contributed by atoms with Gasteiger partial charge in [0.1, 0.15) is 0 Å². The maximum atomic E-state index is 10.4. The number of rotatable bonds is 5. The number of thioether (sulfide) groups is 1. The van der Waals surface area contributed by atoms with Gasteiger partial charge >= 0.3 is 5.97 Å². The van der Waals surface area contributed by atoms with E-state index in [-0.39, 0.29) is 11.7 Å². The fourth-order valence-electron chi connectivity index (χ4n) is 1.02. The Hall–Kier alpha value is -0.550. The van der Waals surface area contributed by atoms with Crippen molar-refractivity contribution in [1.29, 1.82) is 0 Å². The zero-order valence-corrected chi connectivity index (χ0v) is 10.7. The van der Waals surface area contributed by atoms with Crippen molar-refractivity contribution in [2.45, 2.75) is 30.0 Å². The predicted molar refractivity (Wildman–Crippen MR) is 64.1 cm³/mol. The Kier molecular flexibility index (Phi) is 5.11. The van der Waals surface area contributed by atoms with Crippen LogP contribution in [0.15, 0.2) is 27.8 Å². The van der Waals surface area contributed by atoms with E-state index < -0.39 is 5.97 Å². The minimum atomic E-state index is -0.744. The lowest BCUT2D eigenvalue weighted by Gasteiger charge is -2.08. The van der Waals surface area contributed by atoms with Crippen molar-refractivity contribution in [3.8, 4) is 0 Å². The highest BCUT2D eigenvalue weighted by atomic mass is 79.9. The van der Waals surface area contributed by atoms with Crippen LogP contribution in [0.2, 0.25) is 0 Å². The van der Waals surface area contributed by atoms with Gasteiger partial charge in [0, 0.05) is 22.3 Å². The van der Waals surface area contributed by atoms with Gasteiger partial charge in [0.15, 0.2) is 0 Å². The first-order valence-corrected chi connectivity index (χ1v) is 6.25. The molecule has 0 fully saturated rings. The fraction of sp³-hybridized carbons (Fsp3) is 0.400. The van der Waals surface area contributed by atoms with Crippen LogP contribution >= 0.6 is 27.7 Å². The number of nitrogens with zero attached hydrogens (tertiary/aromatic N) is 1. The zero-order chi connectivity index (χ0) is 11.3. The molecule has 0 radical (unpaired) electrons. The molecular weight excluding hydrogens is 278 g/mol. The van der Waals surface area contributed by atoms with Gasteiger partial charge < -0.3 is 5.11 Å². The standard InChI is InChI=1S/C10H12BrNO2S/c1-7(2-5-10(13)14)15-9-4-3-8(11)6-12-9/h3-4,6-7H,2,5H2,1H3,(H,13,14). The fourth-order valence-corrected chi connectivity index (χ4v) is 2.17. The van der Waals surface area contributed by atoms with Gasteiger partial charge in [-0.1, -0.05) is 6.92 Å². The molecule has 0 saturated heterocycles. The van der Waals surface area contributed by atoms with Gasteiger partial charge in [0.25, 0.3) is 0 Å². The highest BCUT2D eigenvalue weighted by Crippen LogP contribution is 2.24. The number of carbonyl (C=O) groups is 1. The predicted octanol–water partition coefficient (Wildman–Crippen LogP) is 3.19. The molecule has 82 valence electrons. The topological polar surface area (TPSA) is 50.2 Å². The second kappa shape index (κ2) is 6.12. The van der Waals surface area contributed by atoms with E-state index in [0.29, 0.717) is 6.42 Å². The molecule has 1 N–H and O–H groups in total. The number of aliphatic carboxylic acids is 1. The summed E-state index contributed by atoms with van der Waals surface area (Å²) in [6, 6.07) is 3.85. The second-order valence-corrected chi connectivity index (χ2v) is 5.55. The number of halogens is 1. The third-order valence-corrected chi connectivity index (χ3v) is 3.38. The molecule has 0 aliphatic carbocycles. The number of hydrogen-bond acceptors (Lipinski definition) is 3. The molecule has 0 spiro atoms. The highest BCUT2D eigenvalue weighted by molar-refractivity contribution is 9.10. The Morgan fingerprint density at radius 1 is 1.67 bits per heavy atom. The molecule has 3 nitrogen and oxygen atoms in total. The van der Waals surface area contributed by atoms with Crippen LogP contribution in [0.25, 0.3) is 0 Å². The normalized spacial score (nSPS) is 12.4. The van der Waals surface area contributed by atoms with Crippen molar-refractivity contribution < 1.29 is 9.90 Å². The lowest BCUT2D eigenvalue weighted by Crippen LogP contribution is -2.02. The number of aromatic nitrogens is 1. The number of hydrogen-bond donors (Lipinski definition) is 1. The molecule has 1 aromatic heterocycles. The van der Waals surface area contributed by atoms with Gasteiger partial charge in [0.05, 0.1) is 5.03 Å². The molecule has 0 aliphatic heterocycles. The van der Waals surface area contributed by atoms with Crippen LogP contribution in [0.4, 0.5) is 0 Å². The summed E-state index contributed by atoms with van der Waals surface area (Å²) in [7, 11) is 0. The van der Waals surface area contributed by atoms with E-state index in [0.717, 1.165) is 9.50 Å². The molecule has 1 heterocycles. The summed E-state index contributed by atoms with van der Waals surface area (Å²) >= 11 is 4.91. The number of carboxylic acids is 1. The summed E-state index contributed by atoms with van der Waals surface area (Å²) < 4.78 is 0.949. The van der Waals surface area contributed by atoms with E-state index in [4.69, 9.17) is 5.11 Å². The van der Waals surface area contributed by atoms with Crippen LogP contribution in [0.3, 0.4) is 0 Å². The van der Waals surface area contributed by atoms with Gasteiger partial charge in [0.2, 0.25) is 0 Å². The molecule has 15 heavy (non-hydrogen) atoms. The molecule has 0 aliphatic rings. The third-order valence-electron chi connectivity index (χ3n) is 1.79. The zero-order valence-electron chi connectivity index (χ0n) is 8.31. The van der Waals surface area contributed by atoms with Crippen molar-refractivity contribution >= 4 is 33.7 Å². The number of pyridine rings is 1. The molecule has 0 amide bonds. The summed E-state index contributed by atoms with van der Waals surface area (Å²) in [6.45, 7) is 2.01. The number of carboxylic acid groups (broad SMARTS) is 1. The molecule has 1 aromatic rings. The first-order valence-electron chi connectivity index (χ1n) is 4.58. The van der Waals surface area contributed by atoms with Crippen LogP contribution in [-0.4, -0.2) is 21.3 Å². The van der Waals surface area contributed by atoms with Gasteiger partial charge in [-0.3, -0.25) is 4.79 Å². The van der Waals surface area contributed by atoms with Crippen molar-refractivity contribution in [3.05, 3.63) is 22.8 Å². The molecular formula is C10H12BrNO2S. The van der Waals surface area contributed by atoms with Crippen LogP contribution in [-0.2, 0) is 4.79 Å². The average Bonchev–Trinajstić information content (AvgIpc) is 2.19. The lowest BCUT2D eigenvalue weighted by molar-refractivity contribution is -0.137. The third kappa shape index (κ3) is 5.18. The van der Waals surface area contributed by atoms with Crippen molar-refractivity contribution in [2.24, 2.45) is 0 Å². The van der Waals surface area contributed by atoms with E-state index in [9.17, 15) is 4.79 Å². The smallest absolute Gasteiger partial charge is 0.303 e. The van der Waals surface area contributed by atoms with Crippen LogP contribution in [0.1, 0.15) is 19.8 Å². The SMILES string of the molecule is CC(CCC(=O)O)Sc1ccc(Br)cn1. The Labute approximate surface area is 101 Å². The molecule has 0 aromatic carbocycles. The van der Waals surface area contributed by atoms with Crippen molar-refractivity contribution in [3.63, 3.8) is 0 Å². The highest BCUT2D eigenvalue weighted by Gasteiger charge is 2.07. The quantitative estimate of drug-likeness (QED) is 0.846. The van der Waals surface area contributed by atoms with E-state index in [1.165, 1.54) is 0 Å². The monoisotopic (exact) mass is 289 g/mol. The minimum absolute atomic E-state index is 0.213. The molecule has 1 unspecified atom stereocenters. The van der Waals surface area contributed by atoms with E-state index >= 15 is 0 Å². The maximum absolute atomic E-state index is 10.4. The second-order valence-electron chi connectivity index (χ2n) is 3.18. The Bertz CT molecular complexity index is 329. The summed E-state index contributed by atoms with van der Waals surface area (Å²) in [5, 5.41) is 9.73. The largest absolute Gasteiger partial charge is 0.481 e. The first-order chi connectivity index (χ1) is 7.08. The minimum Gasteiger partial charge on any atom is -0.481 e. The van der Waals surface area contributed by atoms with Crippen LogP contribution in [0, 0.1) is 0 Å². The maximum Gasteiger partial charge on any atom is 0.303 e. The summed E-state index contributed by atoms with van der Waals surface area (Å²) in [6.07, 6.45) is 2.62. The van der Waals surface area contributed by atoms with Gasteiger partial charge in [-0.05, 0) is 34.5 Å². The average molecular weight is 290 g/mol. The molecule has 1 atom stereocenters. The van der Waals surface area contributed by atoms with E-state index in [2.05, 4.69) is 20.9 Å². The molecule has 0 bridgehead atoms. The molecule has 0 saturated carbocycles. The first kappa shape index (κ1) is 12.5. The molecule has 5 heteroatoms. The van der Waals surface area contributed by atoms with E-state index in [1.807, 2.05) is 19.1 Å². The van der Waals surface area contributed by atoms with E-state index in [1.54, 1.807) is 18.0 Å². The van der Waals surface area contributed by atoms with Crippen molar-refractivity contribution in [2.75, 3.05) is 0 Å². The Balaban J connectivity index is 2.40. The Morgan fingerprint density at radius 2 is 2.40 bits per heavy atom. The summed E-state index contributed by atoms with van der Waals surface area (Å²) in [4.78, 5) is 14.6. The molecule has 1 rings (SSSR count). The summed E-state index contributed by atoms with van der Waals surface area (Å²) in [5.41, 5.74) is 0. The lowest BCUT2D eigenvalue weighted by atomic mass is 10.2. The van der Waals surface area contributed by atoms with Crippen molar-refractivity contribution in [1.82, 2.24) is 4.98 Å². The van der Waals surface area contributed by atoms with Gasteiger partial charge in [-0.15, -0.1) is 11.8 Å². The van der Waals surface area contributed by atoms with Crippen LogP contribution in [0.5, 0.6) is 0 Å². The summed E-state index contributed by atoms with van der Waals surface area (Å²) in [5.74, 6) is -0.744. The van der Waals surface area contributed by atoms with Crippen LogP contribution < -0.4 is 0 Å². The Morgan fingerprint density at radius 3 is 2.93 bits per heavy atom. The van der Waals surface area contributed by atoms with Gasteiger partial charge in [-0.2, -0.15) is 0 Å².